The van der Waals surface area contributed by atoms with Crippen molar-refractivity contribution in [1.29, 1.82) is 0 Å². The minimum absolute atomic E-state index is 0.184. The van der Waals surface area contributed by atoms with Crippen LogP contribution in [0.5, 0.6) is 0 Å². The summed E-state index contributed by atoms with van der Waals surface area (Å²) >= 11 is 0. The van der Waals surface area contributed by atoms with E-state index < -0.39 is 11.6 Å². The van der Waals surface area contributed by atoms with E-state index in [-0.39, 0.29) is 17.6 Å². The van der Waals surface area contributed by atoms with Crippen molar-refractivity contribution in [3.63, 3.8) is 0 Å². The quantitative estimate of drug-likeness (QED) is 0.366. The van der Waals surface area contributed by atoms with Crippen molar-refractivity contribution in [2.75, 3.05) is 38.3 Å². The average molecular weight is 484 g/mol. The van der Waals surface area contributed by atoms with Crippen LogP contribution in [0.2, 0.25) is 0 Å². The lowest BCUT2D eigenvalue weighted by Crippen LogP contribution is -2.47. The van der Waals surface area contributed by atoms with E-state index >= 15 is 0 Å². The maximum atomic E-state index is 13.1. The van der Waals surface area contributed by atoms with Crippen LogP contribution in [0.3, 0.4) is 0 Å². The largest absolute Gasteiger partial charge is 0.596 e. The summed E-state index contributed by atoms with van der Waals surface area (Å²) < 4.78 is 20.2. The molecule has 4 heterocycles. The van der Waals surface area contributed by atoms with Gasteiger partial charge in [-0.05, 0) is 58.1 Å². The van der Waals surface area contributed by atoms with E-state index in [9.17, 15) is 9.59 Å². The molecular weight excluding hydrogens is 448 g/mol. The molecule has 1 aliphatic carbocycles. The molecule has 1 unspecified atom stereocenters. The van der Waals surface area contributed by atoms with Crippen LogP contribution in [-0.4, -0.2) is 77.2 Å². The molecule has 188 valence electrons. The third-order valence-electron chi connectivity index (χ3n) is 7.16. The zero-order chi connectivity index (χ0) is 25.0. The molecule has 6 rings (SSSR count). The SMILES string of the molecule is COC(=O)c1ccc(N2CCC(/C=[N+](/CC34CC(CO3)C4)C(=O)OC(C)(C)C)C2)c2cn(C)nc12. The second-order valence-electron chi connectivity index (χ2n) is 11.2. The fraction of sp³-hybridized carbons (Fsp3) is 0.615. The van der Waals surface area contributed by atoms with E-state index in [1.807, 2.05) is 46.3 Å². The highest BCUT2D eigenvalue weighted by molar-refractivity contribution is 6.06. The Morgan fingerprint density at radius 2 is 2.09 bits per heavy atom. The fourth-order valence-electron chi connectivity index (χ4n) is 5.65. The van der Waals surface area contributed by atoms with Crippen LogP contribution in [0.25, 0.3) is 10.9 Å². The lowest BCUT2D eigenvalue weighted by Gasteiger charge is -2.33. The maximum absolute atomic E-state index is 13.1. The van der Waals surface area contributed by atoms with E-state index in [1.165, 1.54) is 7.11 Å². The van der Waals surface area contributed by atoms with Crippen molar-refractivity contribution in [1.82, 2.24) is 9.78 Å². The van der Waals surface area contributed by atoms with Gasteiger partial charge in [0.25, 0.3) is 0 Å². The molecule has 1 saturated carbocycles. The second kappa shape index (κ2) is 8.62. The van der Waals surface area contributed by atoms with Gasteiger partial charge in [0, 0.05) is 37.4 Å². The van der Waals surface area contributed by atoms with Crippen molar-refractivity contribution in [2.45, 2.75) is 51.2 Å². The number of anilines is 1. The molecule has 2 bridgehead atoms. The summed E-state index contributed by atoms with van der Waals surface area (Å²) in [6, 6.07) is 3.74. The Morgan fingerprint density at radius 3 is 2.74 bits per heavy atom. The van der Waals surface area contributed by atoms with Crippen LogP contribution >= 0.6 is 0 Å². The molecule has 1 atom stereocenters. The molecule has 9 heteroatoms. The summed E-state index contributed by atoms with van der Waals surface area (Å²) in [7, 11) is 3.22. The number of aryl methyl sites for hydroxylation is 1. The molecule has 1 aromatic heterocycles. The number of methoxy groups -OCH3 is 1. The van der Waals surface area contributed by atoms with Crippen LogP contribution in [0, 0.1) is 11.8 Å². The monoisotopic (exact) mass is 483 g/mol. The average Bonchev–Trinajstić information content (AvgIpc) is 3.53. The summed E-state index contributed by atoms with van der Waals surface area (Å²) in [5.74, 6) is 0.420. The second-order valence-corrected chi connectivity index (χ2v) is 11.2. The Morgan fingerprint density at radius 1 is 1.31 bits per heavy atom. The van der Waals surface area contributed by atoms with Gasteiger partial charge in [-0.1, -0.05) is 0 Å². The first-order valence-corrected chi connectivity index (χ1v) is 12.3. The van der Waals surface area contributed by atoms with Gasteiger partial charge in [0.2, 0.25) is 0 Å². The van der Waals surface area contributed by atoms with Crippen LogP contribution < -0.4 is 4.90 Å². The number of carbonyl (C=O) groups excluding carboxylic acids is 2. The Hall–Kier alpha value is -2.94. The molecule has 9 nitrogen and oxygen atoms in total. The molecule has 3 aliphatic heterocycles. The molecule has 1 amide bonds. The normalized spacial score (nSPS) is 26.2. The van der Waals surface area contributed by atoms with Gasteiger partial charge < -0.3 is 19.1 Å². The van der Waals surface area contributed by atoms with E-state index in [1.54, 1.807) is 15.3 Å². The molecule has 3 saturated heterocycles. The lowest BCUT2D eigenvalue weighted by molar-refractivity contribution is -0.472. The Balaban J connectivity index is 1.39. The van der Waals surface area contributed by atoms with Crippen molar-refractivity contribution in [2.24, 2.45) is 18.9 Å². The Kier molecular flexibility index (Phi) is 5.86. The third kappa shape index (κ3) is 4.66. The smallest absolute Gasteiger partial charge is 0.465 e. The maximum Gasteiger partial charge on any atom is 0.596 e. The number of aromatic nitrogens is 2. The molecule has 0 spiro atoms. The van der Waals surface area contributed by atoms with Crippen LogP contribution in [-0.2, 0) is 21.3 Å². The van der Waals surface area contributed by atoms with E-state index in [0.717, 1.165) is 50.0 Å². The number of amides is 1. The number of fused-ring (bicyclic) bond motifs is 2. The zero-order valence-corrected chi connectivity index (χ0v) is 21.2. The highest BCUT2D eigenvalue weighted by atomic mass is 16.6. The predicted molar refractivity (Wildman–Crippen MR) is 131 cm³/mol. The Bertz CT molecular complexity index is 1180. The molecule has 4 fully saturated rings. The van der Waals surface area contributed by atoms with Crippen molar-refractivity contribution in [3.05, 3.63) is 23.9 Å². The highest BCUT2D eigenvalue weighted by Gasteiger charge is 2.56. The summed E-state index contributed by atoms with van der Waals surface area (Å²) in [6.07, 6.45) is 6.61. The molecule has 1 aromatic carbocycles. The molecular formula is C26H35N4O5+. The van der Waals surface area contributed by atoms with Gasteiger partial charge in [-0.25, -0.2) is 4.79 Å². The number of benzene rings is 1. The van der Waals surface area contributed by atoms with Gasteiger partial charge in [0.1, 0.15) is 16.7 Å². The van der Waals surface area contributed by atoms with Crippen LogP contribution in [0.15, 0.2) is 18.3 Å². The summed E-state index contributed by atoms with van der Waals surface area (Å²) in [5.41, 5.74) is 1.34. The Labute approximate surface area is 205 Å². The molecule has 0 N–H and O–H groups in total. The topological polar surface area (TPSA) is 85.9 Å². The molecule has 0 radical (unpaired) electrons. The fourth-order valence-corrected chi connectivity index (χ4v) is 5.65. The summed E-state index contributed by atoms with van der Waals surface area (Å²) in [5, 5.41) is 5.42. The first-order chi connectivity index (χ1) is 16.6. The van der Waals surface area contributed by atoms with Gasteiger partial charge in [0.05, 0.1) is 25.2 Å². The number of ether oxygens (including phenoxy) is 3. The number of esters is 1. The summed E-state index contributed by atoms with van der Waals surface area (Å²) in [4.78, 5) is 27.6. The van der Waals surface area contributed by atoms with Crippen LogP contribution in [0.4, 0.5) is 10.5 Å². The first kappa shape index (κ1) is 23.8. The standard InChI is InChI=1S/C26H35N4O5/c1-25(2,3)35-24(32)30(16-26-10-18(11-26)15-34-26)13-17-8-9-29(12-17)21-7-6-19(23(31)33-5)22-20(21)14-28(4)27-22/h6-7,13-14,17-18H,8-12,15-16H2,1-5H3/q+1/b30-13-. The van der Waals surface area contributed by atoms with Crippen molar-refractivity contribution >= 4 is 34.9 Å². The van der Waals surface area contributed by atoms with Gasteiger partial charge in [-0.15, -0.1) is 4.58 Å². The van der Waals surface area contributed by atoms with Gasteiger partial charge >= 0.3 is 12.1 Å². The number of carbonyl (C=O) groups is 2. The van der Waals surface area contributed by atoms with Crippen molar-refractivity contribution < 1.29 is 28.4 Å². The van der Waals surface area contributed by atoms with E-state index in [2.05, 4.69) is 10.00 Å². The molecule has 35 heavy (non-hydrogen) atoms. The highest BCUT2D eigenvalue weighted by Crippen LogP contribution is 2.48. The van der Waals surface area contributed by atoms with Gasteiger partial charge in [-0.3, -0.25) is 4.68 Å². The molecule has 4 aliphatic rings. The van der Waals surface area contributed by atoms with Crippen LogP contribution in [0.1, 0.15) is 50.4 Å². The van der Waals surface area contributed by atoms with Crippen molar-refractivity contribution in [3.8, 4) is 0 Å². The summed E-state index contributed by atoms with van der Waals surface area (Å²) in [6.45, 7) is 8.60. The third-order valence-corrected chi connectivity index (χ3v) is 7.16. The number of hydrogen-bond acceptors (Lipinski definition) is 7. The minimum atomic E-state index is -0.561. The number of rotatable bonds is 5. The minimum Gasteiger partial charge on any atom is -0.465 e. The number of hydrogen-bond donors (Lipinski definition) is 0. The van der Waals surface area contributed by atoms with E-state index in [4.69, 9.17) is 14.2 Å². The van der Waals surface area contributed by atoms with Gasteiger partial charge in [-0.2, -0.15) is 9.89 Å². The predicted octanol–water partition coefficient (Wildman–Crippen LogP) is 3.38. The molecule has 2 aromatic rings. The zero-order valence-electron chi connectivity index (χ0n) is 21.2. The lowest BCUT2D eigenvalue weighted by atomic mass is 9.74. The van der Waals surface area contributed by atoms with Gasteiger partial charge in [0.15, 0.2) is 12.8 Å². The van der Waals surface area contributed by atoms with E-state index in [0.29, 0.717) is 23.5 Å². The number of nitrogens with zero attached hydrogens (tertiary/aromatic N) is 4. The first-order valence-electron chi connectivity index (χ1n) is 12.3.